The number of benzene rings is 2. The predicted octanol–water partition coefficient (Wildman–Crippen LogP) is 4.95. The lowest BCUT2D eigenvalue weighted by Gasteiger charge is -2.28. The number of rotatable bonds is 6. The number of imidazole rings is 1. The van der Waals surface area contributed by atoms with Gasteiger partial charge < -0.3 is 19.6 Å². The maximum atomic E-state index is 13.4. The van der Waals surface area contributed by atoms with E-state index in [1.54, 1.807) is 6.33 Å². The minimum atomic E-state index is -0.440. The highest BCUT2D eigenvalue weighted by Crippen LogP contribution is 2.41. The van der Waals surface area contributed by atoms with Crippen LogP contribution in [-0.2, 0) is 23.8 Å². The molecule has 1 saturated carbocycles. The molecule has 0 bridgehead atoms. The van der Waals surface area contributed by atoms with Crippen LogP contribution in [0.3, 0.4) is 0 Å². The summed E-state index contributed by atoms with van der Waals surface area (Å²) in [6.07, 6.45) is 5.66. The summed E-state index contributed by atoms with van der Waals surface area (Å²) in [5, 5.41) is 6.29. The van der Waals surface area contributed by atoms with Gasteiger partial charge in [0, 0.05) is 26.2 Å². The molecule has 0 saturated heterocycles. The van der Waals surface area contributed by atoms with Crippen LogP contribution in [0.1, 0.15) is 36.8 Å². The molecular formula is C28H28N6O2. The zero-order valence-corrected chi connectivity index (χ0v) is 20.4. The molecule has 3 heterocycles. The molecule has 0 radical (unpaired) electrons. The van der Waals surface area contributed by atoms with Crippen molar-refractivity contribution in [2.45, 2.75) is 37.6 Å². The van der Waals surface area contributed by atoms with Crippen molar-refractivity contribution in [2.75, 3.05) is 12.4 Å². The topological polar surface area (TPSA) is 97.9 Å². The zero-order valence-electron chi connectivity index (χ0n) is 20.4. The van der Waals surface area contributed by atoms with E-state index in [1.807, 2.05) is 61.1 Å². The number of carbonyl (C=O) groups is 1. The first-order valence-corrected chi connectivity index (χ1v) is 12.3. The molecule has 3 aromatic heterocycles. The Bertz CT molecular complexity index is 1560. The molecule has 2 aromatic carbocycles. The summed E-state index contributed by atoms with van der Waals surface area (Å²) in [6.45, 7) is 0.440. The van der Waals surface area contributed by atoms with E-state index in [1.165, 1.54) is 0 Å². The van der Waals surface area contributed by atoms with Gasteiger partial charge in [-0.2, -0.15) is 4.98 Å². The summed E-state index contributed by atoms with van der Waals surface area (Å²) >= 11 is 0. The smallest absolute Gasteiger partial charge is 0.251 e. The molecule has 0 atom stereocenters. The van der Waals surface area contributed by atoms with Gasteiger partial charge in [-0.3, -0.25) is 4.79 Å². The van der Waals surface area contributed by atoms with Crippen molar-refractivity contribution in [3.05, 3.63) is 72.1 Å². The summed E-state index contributed by atoms with van der Waals surface area (Å²) in [5.41, 5.74) is 5.23. The fourth-order valence-corrected chi connectivity index (χ4v) is 5.43. The average Bonchev–Trinajstić information content (AvgIpc) is 3.66. The first kappa shape index (κ1) is 22.3. The predicted molar refractivity (Wildman–Crippen MR) is 139 cm³/mol. The SMILES string of the molecule is CNc1nc2oc(-c3cccc(CNC(=O)C4(c5ccccc5)CCCC4)c3)nc2c2c1ncn2C. The fourth-order valence-electron chi connectivity index (χ4n) is 5.43. The molecule has 0 aliphatic heterocycles. The quantitative estimate of drug-likeness (QED) is 0.357. The molecule has 36 heavy (non-hydrogen) atoms. The summed E-state index contributed by atoms with van der Waals surface area (Å²) in [7, 11) is 3.74. The van der Waals surface area contributed by atoms with Crippen molar-refractivity contribution in [3.63, 3.8) is 0 Å². The number of hydrogen-bond donors (Lipinski definition) is 2. The van der Waals surface area contributed by atoms with E-state index in [9.17, 15) is 4.79 Å². The van der Waals surface area contributed by atoms with Crippen LogP contribution in [0, 0.1) is 0 Å². The van der Waals surface area contributed by atoms with Crippen LogP contribution in [0.25, 0.3) is 33.7 Å². The zero-order chi connectivity index (χ0) is 24.7. The van der Waals surface area contributed by atoms with E-state index >= 15 is 0 Å². The molecule has 1 amide bonds. The monoisotopic (exact) mass is 480 g/mol. The Kier molecular flexibility index (Phi) is 5.44. The number of aromatic nitrogens is 4. The third-order valence-electron chi connectivity index (χ3n) is 7.29. The largest absolute Gasteiger partial charge is 0.418 e. The minimum Gasteiger partial charge on any atom is -0.418 e. The van der Waals surface area contributed by atoms with Gasteiger partial charge in [0.25, 0.3) is 5.71 Å². The molecule has 1 aliphatic rings. The van der Waals surface area contributed by atoms with E-state index < -0.39 is 5.41 Å². The molecule has 5 aromatic rings. The van der Waals surface area contributed by atoms with Crippen molar-refractivity contribution in [3.8, 4) is 11.5 Å². The second kappa shape index (κ2) is 8.78. The highest BCUT2D eigenvalue weighted by molar-refractivity contribution is 6.03. The highest BCUT2D eigenvalue weighted by atomic mass is 16.4. The van der Waals surface area contributed by atoms with Gasteiger partial charge in [-0.1, -0.05) is 55.3 Å². The van der Waals surface area contributed by atoms with Crippen LogP contribution in [0.4, 0.5) is 5.82 Å². The van der Waals surface area contributed by atoms with Gasteiger partial charge in [-0.25, -0.2) is 9.97 Å². The third kappa shape index (κ3) is 3.61. The van der Waals surface area contributed by atoms with Crippen LogP contribution in [0.5, 0.6) is 0 Å². The number of anilines is 1. The Hall–Kier alpha value is -4.20. The summed E-state index contributed by atoms with van der Waals surface area (Å²) in [6, 6.07) is 18.1. The number of nitrogens with zero attached hydrogens (tertiary/aromatic N) is 4. The molecule has 182 valence electrons. The van der Waals surface area contributed by atoms with Crippen molar-refractivity contribution < 1.29 is 9.21 Å². The standard InChI is InChI=1S/C28H28N6O2/c1-29-24-21-23(34(2)17-31-21)22-26(33-24)36-25(32-22)19-10-8-9-18(15-19)16-30-27(35)28(13-6-7-14-28)20-11-4-3-5-12-20/h3-5,8-12,15,17H,6-7,13-14,16H2,1-2H3,(H,29,33)(H,30,35). The Morgan fingerprint density at radius 2 is 1.86 bits per heavy atom. The first-order valence-electron chi connectivity index (χ1n) is 12.3. The average molecular weight is 481 g/mol. The van der Waals surface area contributed by atoms with Gasteiger partial charge in [-0.05, 0) is 36.1 Å². The molecule has 0 unspecified atom stereocenters. The Morgan fingerprint density at radius 3 is 2.64 bits per heavy atom. The second-order valence-electron chi connectivity index (χ2n) is 9.47. The van der Waals surface area contributed by atoms with Crippen LogP contribution in [0.2, 0.25) is 0 Å². The lowest BCUT2D eigenvalue weighted by molar-refractivity contribution is -0.126. The van der Waals surface area contributed by atoms with E-state index in [0.29, 0.717) is 29.5 Å². The van der Waals surface area contributed by atoms with Crippen molar-refractivity contribution in [1.29, 1.82) is 0 Å². The lowest BCUT2D eigenvalue weighted by Crippen LogP contribution is -2.42. The van der Waals surface area contributed by atoms with E-state index in [-0.39, 0.29) is 5.91 Å². The second-order valence-corrected chi connectivity index (χ2v) is 9.47. The maximum absolute atomic E-state index is 13.4. The molecule has 1 fully saturated rings. The number of pyridine rings is 1. The fraction of sp³-hybridized carbons (Fsp3) is 0.286. The van der Waals surface area contributed by atoms with Gasteiger partial charge in [-0.15, -0.1) is 0 Å². The maximum Gasteiger partial charge on any atom is 0.251 e. The van der Waals surface area contributed by atoms with Crippen molar-refractivity contribution in [1.82, 2.24) is 24.8 Å². The third-order valence-corrected chi connectivity index (χ3v) is 7.29. The number of nitrogens with one attached hydrogen (secondary N) is 2. The van der Waals surface area contributed by atoms with Crippen LogP contribution >= 0.6 is 0 Å². The minimum absolute atomic E-state index is 0.0980. The van der Waals surface area contributed by atoms with Gasteiger partial charge in [0.05, 0.1) is 11.7 Å². The lowest BCUT2D eigenvalue weighted by atomic mass is 9.78. The van der Waals surface area contributed by atoms with Crippen LogP contribution in [0.15, 0.2) is 65.3 Å². The number of amides is 1. The van der Waals surface area contributed by atoms with Gasteiger partial charge in [0.2, 0.25) is 11.8 Å². The summed E-state index contributed by atoms with van der Waals surface area (Å²) in [4.78, 5) is 27.2. The van der Waals surface area contributed by atoms with E-state index in [0.717, 1.165) is 53.4 Å². The number of hydrogen-bond acceptors (Lipinski definition) is 6. The van der Waals surface area contributed by atoms with Crippen LogP contribution < -0.4 is 10.6 Å². The van der Waals surface area contributed by atoms with Crippen molar-refractivity contribution >= 4 is 34.0 Å². The molecule has 6 rings (SSSR count). The van der Waals surface area contributed by atoms with Gasteiger partial charge >= 0.3 is 0 Å². The number of fused-ring (bicyclic) bond motifs is 3. The summed E-state index contributed by atoms with van der Waals surface area (Å²) < 4.78 is 7.99. The van der Waals surface area contributed by atoms with Crippen molar-refractivity contribution in [2.24, 2.45) is 7.05 Å². The molecular weight excluding hydrogens is 452 g/mol. The Morgan fingerprint density at radius 1 is 1.06 bits per heavy atom. The molecule has 2 N–H and O–H groups in total. The van der Waals surface area contributed by atoms with Crippen LogP contribution in [-0.4, -0.2) is 32.5 Å². The van der Waals surface area contributed by atoms with E-state index in [4.69, 9.17) is 9.40 Å². The van der Waals surface area contributed by atoms with Gasteiger partial charge in [0.1, 0.15) is 11.0 Å². The number of oxazole rings is 1. The van der Waals surface area contributed by atoms with Gasteiger partial charge in [0.15, 0.2) is 11.3 Å². The molecule has 1 aliphatic carbocycles. The van der Waals surface area contributed by atoms with E-state index in [2.05, 4.69) is 32.7 Å². The summed E-state index contributed by atoms with van der Waals surface area (Å²) in [5.74, 6) is 1.23. The first-order chi connectivity index (χ1) is 17.6. The highest BCUT2D eigenvalue weighted by Gasteiger charge is 2.42. The number of carbonyl (C=O) groups excluding carboxylic acids is 1. The molecule has 0 spiro atoms. The normalized spacial score (nSPS) is 14.9. The Labute approximate surface area is 208 Å². The number of aryl methyl sites for hydroxylation is 1. The molecule has 8 heteroatoms. The molecule has 8 nitrogen and oxygen atoms in total. The Balaban J connectivity index is 1.28.